The number of piperidine rings is 1. The molecule has 0 spiro atoms. The lowest BCUT2D eigenvalue weighted by molar-refractivity contribution is 0.129. The monoisotopic (exact) mass is 346 g/mol. The fraction of sp³-hybridized carbons (Fsp3) is 0.389. The summed E-state index contributed by atoms with van der Waals surface area (Å²) in [6, 6.07) is 8.87. The first kappa shape index (κ1) is 16.9. The average molecular weight is 346 g/mol. The van der Waals surface area contributed by atoms with Crippen molar-refractivity contribution in [2.45, 2.75) is 37.7 Å². The van der Waals surface area contributed by atoms with Crippen molar-refractivity contribution in [2.24, 2.45) is 0 Å². The van der Waals surface area contributed by atoms with E-state index in [-0.39, 0.29) is 6.10 Å². The molecule has 6 heteroatoms. The maximum atomic E-state index is 12.9. The van der Waals surface area contributed by atoms with Crippen LogP contribution in [0.2, 0.25) is 0 Å². The van der Waals surface area contributed by atoms with E-state index in [4.69, 9.17) is 4.74 Å². The number of ether oxygens (including phenoxy) is 1. The first-order valence-corrected chi connectivity index (χ1v) is 9.55. The second-order valence-electron chi connectivity index (χ2n) is 6.17. The molecule has 1 saturated heterocycles. The van der Waals surface area contributed by atoms with Gasteiger partial charge in [-0.2, -0.15) is 4.31 Å². The van der Waals surface area contributed by atoms with Crippen molar-refractivity contribution in [2.75, 3.05) is 13.1 Å². The van der Waals surface area contributed by atoms with Crippen molar-refractivity contribution >= 4 is 10.0 Å². The van der Waals surface area contributed by atoms with Crippen LogP contribution in [0.1, 0.15) is 24.0 Å². The number of hydrogen-bond donors (Lipinski definition) is 0. The molecule has 1 aromatic carbocycles. The van der Waals surface area contributed by atoms with Crippen LogP contribution in [-0.2, 0) is 10.0 Å². The Hall–Kier alpha value is -1.92. The second kappa shape index (κ2) is 6.91. The Labute approximate surface area is 143 Å². The molecule has 0 N–H and O–H groups in total. The summed E-state index contributed by atoms with van der Waals surface area (Å²) in [5.74, 6) is 0.723. The lowest BCUT2D eigenvalue weighted by atomic mass is 10.1. The molecule has 1 unspecified atom stereocenters. The Balaban J connectivity index is 1.77. The Bertz CT molecular complexity index is 806. The number of pyridine rings is 1. The fourth-order valence-electron chi connectivity index (χ4n) is 2.85. The first-order valence-electron chi connectivity index (χ1n) is 8.11. The molecule has 1 aliphatic rings. The standard InChI is InChI=1S/C18H22N2O3S/c1-14-5-6-18(12-15(14)2)24(21,22)20-11-3-4-17(13-20)23-16-7-9-19-10-8-16/h5-10,12,17H,3-4,11,13H2,1-2H3. The molecule has 0 amide bonds. The highest BCUT2D eigenvalue weighted by molar-refractivity contribution is 7.89. The molecule has 1 aliphatic heterocycles. The third-order valence-corrected chi connectivity index (χ3v) is 6.27. The fourth-order valence-corrected chi connectivity index (χ4v) is 4.45. The molecule has 5 nitrogen and oxygen atoms in total. The van der Waals surface area contributed by atoms with E-state index >= 15 is 0 Å². The Kier molecular flexibility index (Phi) is 4.87. The van der Waals surface area contributed by atoms with Gasteiger partial charge in [-0.05, 0) is 62.1 Å². The summed E-state index contributed by atoms with van der Waals surface area (Å²) in [6.45, 7) is 4.81. The zero-order valence-corrected chi connectivity index (χ0v) is 14.8. The van der Waals surface area contributed by atoms with Gasteiger partial charge in [-0.15, -0.1) is 0 Å². The highest BCUT2D eigenvalue weighted by Crippen LogP contribution is 2.24. The van der Waals surface area contributed by atoms with Gasteiger partial charge in [-0.1, -0.05) is 6.07 Å². The molecule has 2 aromatic rings. The summed E-state index contributed by atoms with van der Waals surface area (Å²) >= 11 is 0. The van der Waals surface area contributed by atoms with Crippen molar-refractivity contribution in [3.63, 3.8) is 0 Å². The van der Waals surface area contributed by atoms with E-state index in [1.807, 2.05) is 19.9 Å². The molecule has 128 valence electrons. The van der Waals surface area contributed by atoms with Crippen LogP contribution in [0.3, 0.4) is 0 Å². The molecular weight excluding hydrogens is 324 g/mol. The van der Waals surface area contributed by atoms with Crippen molar-refractivity contribution in [3.8, 4) is 5.75 Å². The first-order chi connectivity index (χ1) is 11.5. The van der Waals surface area contributed by atoms with E-state index in [1.54, 1.807) is 36.7 Å². The van der Waals surface area contributed by atoms with Gasteiger partial charge in [0.25, 0.3) is 0 Å². The molecule has 1 aromatic heterocycles. The Morgan fingerprint density at radius 3 is 2.58 bits per heavy atom. The molecule has 3 rings (SSSR count). The topological polar surface area (TPSA) is 59.5 Å². The van der Waals surface area contributed by atoms with Crippen molar-refractivity contribution < 1.29 is 13.2 Å². The minimum absolute atomic E-state index is 0.137. The van der Waals surface area contributed by atoms with Crippen molar-refractivity contribution in [1.29, 1.82) is 0 Å². The van der Waals surface area contributed by atoms with Gasteiger partial charge < -0.3 is 4.74 Å². The van der Waals surface area contributed by atoms with E-state index in [0.29, 0.717) is 18.0 Å². The van der Waals surface area contributed by atoms with E-state index in [1.165, 1.54) is 4.31 Å². The number of aryl methyl sites for hydroxylation is 2. The predicted molar refractivity (Wildman–Crippen MR) is 92.6 cm³/mol. The second-order valence-corrected chi connectivity index (χ2v) is 8.11. The minimum Gasteiger partial charge on any atom is -0.489 e. The lowest BCUT2D eigenvalue weighted by Crippen LogP contribution is -2.44. The smallest absolute Gasteiger partial charge is 0.243 e. The molecule has 1 atom stereocenters. The van der Waals surface area contributed by atoms with Gasteiger partial charge in [-0.3, -0.25) is 4.98 Å². The summed E-state index contributed by atoms with van der Waals surface area (Å²) in [6.07, 6.45) is 4.84. The summed E-state index contributed by atoms with van der Waals surface area (Å²) in [5, 5.41) is 0. The zero-order valence-electron chi connectivity index (χ0n) is 14.0. The molecule has 0 saturated carbocycles. The van der Waals surface area contributed by atoms with Crippen LogP contribution in [0.4, 0.5) is 0 Å². The number of nitrogens with zero attached hydrogens (tertiary/aromatic N) is 2. The van der Waals surface area contributed by atoms with Crippen LogP contribution in [0.25, 0.3) is 0 Å². The van der Waals surface area contributed by atoms with Gasteiger partial charge in [-0.25, -0.2) is 8.42 Å². The predicted octanol–water partition coefficient (Wildman–Crippen LogP) is 2.93. The number of rotatable bonds is 4. The zero-order chi connectivity index (χ0) is 17.2. The molecule has 0 bridgehead atoms. The highest BCUT2D eigenvalue weighted by Gasteiger charge is 2.31. The van der Waals surface area contributed by atoms with Crippen LogP contribution in [0.5, 0.6) is 5.75 Å². The number of sulfonamides is 1. The van der Waals surface area contributed by atoms with Gasteiger partial charge >= 0.3 is 0 Å². The molecule has 2 heterocycles. The summed E-state index contributed by atoms with van der Waals surface area (Å²) < 4.78 is 33.3. The maximum absolute atomic E-state index is 12.9. The summed E-state index contributed by atoms with van der Waals surface area (Å²) in [4.78, 5) is 4.32. The quantitative estimate of drug-likeness (QED) is 0.854. The SMILES string of the molecule is Cc1ccc(S(=O)(=O)N2CCCC(Oc3ccncc3)C2)cc1C. The molecular formula is C18H22N2O3S. The third kappa shape index (κ3) is 3.60. The number of hydrogen-bond acceptors (Lipinski definition) is 4. The van der Waals surface area contributed by atoms with Crippen LogP contribution < -0.4 is 4.74 Å². The minimum atomic E-state index is -3.49. The normalized spacial score (nSPS) is 19.2. The van der Waals surface area contributed by atoms with Crippen molar-refractivity contribution in [1.82, 2.24) is 9.29 Å². The number of benzene rings is 1. The average Bonchev–Trinajstić information content (AvgIpc) is 2.58. The van der Waals surface area contributed by atoms with E-state index in [2.05, 4.69) is 4.98 Å². The van der Waals surface area contributed by atoms with Crippen LogP contribution in [0, 0.1) is 13.8 Å². The van der Waals surface area contributed by atoms with Gasteiger partial charge in [0.2, 0.25) is 10.0 Å². The summed E-state index contributed by atoms with van der Waals surface area (Å²) in [7, 11) is -3.49. The van der Waals surface area contributed by atoms with Gasteiger partial charge in [0.15, 0.2) is 0 Å². The Morgan fingerprint density at radius 1 is 1.12 bits per heavy atom. The van der Waals surface area contributed by atoms with Gasteiger partial charge in [0.05, 0.1) is 11.4 Å². The molecule has 0 aliphatic carbocycles. The van der Waals surface area contributed by atoms with E-state index in [0.717, 1.165) is 29.7 Å². The van der Waals surface area contributed by atoms with Crippen LogP contribution in [-0.4, -0.2) is 36.9 Å². The van der Waals surface area contributed by atoms with Crippen molar-refractivity contribution in [3.05, 3.63) is 53.9 Å². The molecule has 0 radical (unpaired) electrons. The van der Waals surface area contributed by atoms with Gasteiger partial charge in [0.1, 0.15) is 11.9 Å². The lowest BCUT2D eigenvalue weighted by Gasteiger charge is -2.32. The molecule has 24 heavy (non-hydrogen) atoms. The van der Waals surface area contributed by atoms with E-state index < -0.39 is 10.0 Å². The highest BCUT2D eigenvalue weighted by atomic mass is 32.2. The number of aromatic nitrogens is 1. The molecule has 1 fully saturated rings. The maximum Gasteiger partial charge on any atom is 0.243 e. The summed E-state index contributed by atoms with van der Waals surface area (Å²) in [5.41, 5.74) is 2.07. The largest absolute Gasteiger partial charge is 0.489 e. The van der Waals surface area contributed by atoms with Crippen LogP contribution in [0.15, 0.2) is 47.6 Å². The van der Waals surface area contributed by atoms with Crippen LogP contribution >= 0.6 is 0 Å². The Morgan fingerprint density at radius 2 is 1.88 bits per heavy atom. The van der Waals surface area contributed by atoms with Gasteiger partial charge in [0, 0.05) is 18.9 Å². The third-order valence-electron chi connectivity index (χ3n) is 4.41. The van der Waals surface area contributed by atoms with E-state index in [9.17, 15) is 8.42 Å².